The molecule has 0 bridgehead atoms. The van der Waals surface area contributed by atoms with Gasteiger partial charge in [-0.15, -0.1) is 0 Å². The van der Waals surface area contributed by atoms with E-state index in [1.807, 2.05) is 0 Å². The standard InChI is InChI=1S/C16H22N2O/c17-8-5-14-12-18(11-13-6-9-19-10-7-13)16-4-2-1-3-15(14)16/h1-4,12-13H,5-11,17H2. The van der Waals surface area contributed by atoms with Crippen molar-refractivity contribution in [2.75, 3.05) is 19.8 Å². The number of hydrogen-bond acceptors (Lipinski definition) is 2. The minimum Gasteiger partial charge on any atom is -0.381 e. The summed E-state index contributed by atoms with van der Waals surface area (Å²) in [4.78, 5) is 0. The van der Waals surface area contributed by atoms with Gasteiger partial charge in [0.25, 0.3) is 0 Å². The second kappa shape index (κ2) is 5.76. The van der Waals surface area contributed by atoms with Crippen molar-refractivity contribution in [2.45, 2.75) is 25.8 Å². The van der Waals surface area contributed by atoms with E-state index in [9.17, 15) is 0 Å². The van der Waals surface area contributed by atoms with Crippen molar-refractivity contribution in [3.63, 3.8) is 0 Å². The van der Waals surface area contributed by atoms with Crippen molar-refractivity contribution >= 4 is 10.9 Å². The first-order valence-corrected chi connectivity index (χ1v) is 7.23. The molecule has 2 heterocycles. The number of fused-ring (bicyclic) bond motifs is 1. The Bertz CT molecular complexity index is 541. The Labute approximate surface area is 114 Å². The Kier molecular flexibility index (Phi) is 3.85. The van der Waals surface area contributed by atoms with Crippen LogP contribution in [-0.2, 0) is 17.7 Å². The average Bonchev–Trinajstić information content (AvgIpc) is 2.79. The normalized spacial score (nSPS) is 17.1. The molecular formula is C16H22N2O. The molecule has 1 saturated heterocycles. The van der Waals surface area contributed by atoms with Crippen LogP contribution in [0.5, 0.6) is 0 Å². The lowest BCUT2D eigenvalue weighted by atomic mass is 10.0. The molecule has 0 radical (unpaired) electrons. The van der Waals surface area contributed by atoms with E-state index >= 15 is 0 Å². The largest absolute Gasteiger partial charge is 0.381 e. The fourth-order valence-corrected chi connectivity index (χ4v) is 3.04. The summed E-state index contributed by atoms with van der Waals surface area (Å²) in [7, 11) is 0. The molecule has 1 aliphatic heterocycles. The first kappa shape index (κ1) is 12.7. The van der Waals surface area contributed by atoms with Gasteiger partial charge in [-0.2, -0.15) is 0 Å². The molecule has 1 fully saturated rings. The van der Waals surface area contributed by atoms with Gasteiger partial charge in [-0.1, -0.05) is 18.2 Å². The number of ether oxygens (including phenoxy) is 1. The summed E-state index contributed by atoms with van der Waals surface area (Å²) in [5.41, 5.74) is 8.44. The number of rotatable bonds is 4. The van der Waals surface area contributed by atoms with Crippen LogP contribution in [0, 0.1) is 5.92 Å². The second-order valence-corrected chi connectivity index (χ2v) is 5.42. The summed E-state index contributed by atoms with van der Waals surface area (Å²) in [6.45, 7) is 3.65. The summed E-state index contributed by atoms with van der Waals surface area (Å²) < 4.78 is 7.86. The highest BCUT2D eigenvalue weighted by Crippen LogP contribution is 2.25. The van der Waals surface area contributed by atoms with Gasteiger partial charge in [0.05, 0.1) is 0 Å². The van der Waals surface area contributed by atoms with E-state index < -0.39 is 0 Å². The molecule has 1 aliphatic rings. The third-order valence-corrected chi connectivity index (χ3v) is 4.08. The molecule has 0 spiro atoms. The number of aromatic nitrogens is 1. The Morgan fingerprint density at radius 2 is 2.00 bits per heavy atom. The molecule has 0 saturated carbocycles. The first-order chi connectivity index (χ1) is 9.38. The molecule has 0 atom stereocenters. The average molecular weight is 258 g/mol. The van der Waals surface area contributed by atoms with Crippen LogP contribution in [0.15, 0.2) is 30.5 Å². The Morgan fingerprint density at radius 1 is 1.21 bits per heavy atom. The quantitative estimate of drug-likeness (QED) is 0.915. The lowest BCUT2D eigenvalue weighted by Crippen LogP contribution is -2.20. The fraction of sp³-hybridized carbons (Fsp3) is 0.500. The highest BCUT2D eigenvalue weighted by molar-refractivity contribution is 5.84. The highest BCUT2D eigenvalue weighted by atomic mass is 16.5. The van der Waals surface area contributed by atoms with E-state index in [1.54, 1.807) is 0 Å². The molecule has 0 unspecified atom stereocenters. The van der Waals surface area contributed by atoms with Gasteiger partial charge in [0.1, 0.15) is 0 Å². The minimum absolute atomic E-state index is 0.714. The summed E-state index contributed by atoms with van der Waals surface area (Å²) in [5, 5.41) is 1.36. The highest BCUT2D eigenvalue weighted by Gasteiger charge is 2.16. The molecule has 3 heteroatoms. The van der Waals surface area contributed by atoms with Crippen molar-refractivity contribution in [1.82, 2.24) is 4.57 Å². The van der Waals surface area contributed by atoms with Gasteiger partial charge in [-0.3, -0.25) is 0 Å². The van der Waals surface area contributed by atoms with Crippen LogP contribution < -0.4 is 5.73 Å². The van der Waals surface area contributed by atoms with Crippen LogP contribution in [0.2, 0.25) is 0 Å². The van der Waals surface area contributed by atoms with E-state index in [0.29, 0.717) is 6.54 Å². The molecule has 2 N–H and O–H groups in total. The SMILES string of the molecule is NCCc1cn(CC2CCOCC2)c2ccccc12. The van der Waals surface area contributed by atoms with E-state index in [1.165, 1.54) is 29.3 Å². The Balaban J connectivity index is 1.89. The maximum absolute atomic E-state index is 5.72. The zero-order valence-corrected chi connectivity index (χ0v) is 11.3. The first-order valence-electron chi connectivity index (χ1n) is 7.23. The molecule has 3 nitrogen and oxygen atoms in total. The molecule has 0 amide bonds. The number of benzene rings is 1. The predicted molar refractivity (Wildman–Crippen MR) is 78.2 cm³/mol. The van der Waals surface area contributed by atoms with Gasteiger partial charge >= 0.3 is 0 Å². The van der Waals surface area contributed by atoms with Crippen LogP contribution in [0.3, 0.4) is 0 Å². The molecule has 0 aliphatic carbocycles. The summed E-state index contributed by atoms with van der Waals surface area (Å²) in [6, 6.07) is 8.66. The molecule has 1 aromatic heterocycles. The maximum atomic E-state index is 5.72. The van der Waals surface area contributed by atoms with Crippen LogP contribution in [0.1, 0.15) is 18.4 Å². The third kappa shape index (κ3) is 2.67. The van der Waals surface area contributed by atoms with Crippen LogP contribution >= 0.6 is 0 Å². The van der Waals surface area contributed by atoms with Crippen LogP contribution in [0.4, 0.5) is 0 Å². The van der Waals surface area contributed by atoms with Gasteiger partial charge in [-0.25, -0.2) is 0 Å². The number of nitrogens with zero attached hydrogens (tertiary/aromatic N) is 1. The molecule has 2 aromatic rings. The number of nitrogens with two attached hydrogens (primary N) is 1. The van der Waals surface area contributed by atoms with Gasteiger partial charge in [-0.05, 0) is 43.4 Å². The molecule has 102 valence electrons. The van der Waals surface area contributed by atoms with E-state index in [-0.39, 0.29) is 0 Å². The third-order valence-electron chi connectivity index (χ3n) is 4.08. The number of para-hydroxylation sites is 1. The summed E-state index contributed by atoms with van der Waals surface area (Å²) >= 11 is 0. The number of hydrogen-bond donors (Lipinski definition) is 1. The zero-order valence-electron chi connectivity index (χ0n) is 11.3. The molecular weight excluding hydrogens is 236 g/mol. The van der Waals surface area contributed by atoms with E-state index in [0.717, 1.165) is 32.1 Å². The van der Waals surface area contributed by atoms with Crippen molar-refractivity contribution in [3.05, 3.63) is 36.0 Å². The minimum atomic E-state index is 0.714. The fourth-order valence-electron chi connectivity index (χ4n) is 3.04. The Morgan fingerprint density at radius 3 is 2.79 bits per heavy atom. The zero-order chi connectivity index (χ0) is 13.1. The monoisotopic (exact) mass is 258 g/mol. The second-order valence-electron chi connectivity index (χ2n) is 5.42. The maximum Gasteiger partial charge on any atom is 0.0483 e. The van der Waals surface area contributed by atoms with Gasteiger partial charge in [0.2, 0.25) is 0 Å². The van der Waals surface area contributed by atoms with Crippen LogP contribution in [0.25, 0.3) is 10.9 Å². The van der Waals surface area contributed by atoms with Gasteiger partial charge in [0, 0.05) is 36.9 Å². The molecule has 19 heavy (non-hydrogen) atoms. The Hall–Kier alpha value is -1.32. The lowest BCUT2D eigenvalue weighted by molar-refractivity contribution is 0.0616. The predicted octanol–water partition coefficient (Wildman–Crippen LogP) is 2.57. The van der Waals surface area contributed by atoms with Crippen molar-refractivity contribution in [1.29, 1.82) is 0 Å². The van der Waals surface area contributed by atoms with Crippen molar-refractivity contribution in [3.8, 4) is 0 Å². The van der Waals surface area contributed by atoms with Crippen LogP contribution in [-0.4, -0.2) is 24.3 Å². The van der Waals surface area contributed by atoms with E-state index in [4.69, 9.17) is 10.5 Å². The molecule has 1 aromatic carbocycles. The van der Waals surface area contributed by atoms with Crippen molar-refractivity contribution in [2.24, 2.45) is 11.7 Å². The summed E-state index contributed by atoms with van der Waals surface area (Å²) in [5.74, 6) is 0.746. The van der Waals surface area contributed by atoms with Gasteiger partial charge < -0.3 is 15.0 Å². The lowest BCUT2D eigenvalue weighted by Gasteiger charge is -2.22. The van der Waals surface area contributed by atoms with Crippen molar-refractivity contribution < 1.29 is 4.74 Å². The molecule has 3 rings (SSSR count). The smallest absolute Gasteiger partial charge is 0.0483 e. The summed E-state index contributed by atoms with van der Waals surface area (Å²) in [6.07, 6.45) is 5.62. The topological polar surface area (TPSA) is 40.2 Å². The van der Waals surface area contributed by atoms with Gasteiger partial charge in [0.15, 0.2) is 0 Å². The van der Waals surface area contributed by atoms with E-state index in [2.05, 4.69) is 35.0 Å².